The fraction of sp³-hybridized carbons (Fsp3) is 0.123. The van der Waals surface area contributed by atoms with Gasteiger partial charge >= 0.3 is 6.85 Å². The van der Waals surface area contributed by atoms with Crippen LogP contribution in [0.25, 0.3) is 92.0 Å². The monoisotopic (exact) mass is 812 g/mol. The molecule has 5 heterocycles. The van der Waals surface area contributed by atoms with Gasteiger partial charge in [0, 0.05) is 69.9 Å². The third-order valence-electron chi connectivity index (χ3n) is 14.6. The van der Waals surface area contributed by atoms with E-state index in [9.17, 15) is 0 Å². The fourth-order valence-corrected chi connectivity index (χ4v) is 12.7. The van der Waals surface area contributed by atoms with Gasteiger partial charge in [0.2, 0.25) is 0 Å². The van der Waals surface area contributed by atoms with Gasteiger partial charge in [0.1, 0.15) is 5.58 Å². The second kappa shape index (κ2) is 11.8. The first-order chi connectivity index (χ1) is 30.1. The van der Waals surface area contributed by atoms with Crippen LogP contribution in [0, 0.1) is 0 Å². The van der Waals surface area contributed by atoms with E-state index in [0.717, 1.165) is 22.1 Å². The maximum Gasteiger partial charge on any atom is 0.333 e. The topological polar surface area (TPSA) is 21.3 Å². The van der Waals surface area contributed by atoms with Gasteiger partial charge in [-0.2, -0.15) is 0 Å². The minimum Gasteiger partial charge on any atom is -0.464 e. The highest BCUT2D eigenvalue weighted by Gasteiger charge is 2.45. The molecule has 0 radical (unpaired) electrons. The van der Waals surface area contributed by atoms with Gasteiger partial charge in [-0.05, 0) is 110 Å². The first kappa shape index (κ1) is 34.8. The Morgan fingerprint density at radius 1 is 0.565 bits per heavy atom. The molecule has 0 unspecified atom stereocenters. The number of furan rings is 1. The van der Waals surface area contributed by atoms with Crippen LogP contribution in [-0.4, -0.2) is 11.4 Å². The standard InChI is InChI=1S/C57H41BN2OS/c1-56(2,3)33-19-21-34(22-20-33)60-49-30-53-43(36-16-10-12-18-52(36)62-53)26-40(49)37-23-24-38-41-25-39-35-15-9-11-17-45(35)57(4,5)46(39)28-48(41)59-50-27-42-44(32-13-7-6-8-14-32)31-61-51(42)29-47(50)58(60)54(37)55(38)59/h6-31H,1-5H3. The smallest absolute Gasteiger partial charge is 0.333 e. The molecule has 0 saturated heterocycles. The summed E-state index contributed by atoms with van der Waals surface area (Å²) >= 11 is 1.89. The lowest BCUT2D eigenvalue weighted by atomic mass is 9.44. The molecular weight excluding hydrogens is 772 g/mol. The predicted octanol–water partition coefficient (Wildman–Crippen LogP) is 14.4. The van der Waals surface area contributed by atoms with Crippen molar-refractivity contribution in [3.05, 3.63) is 175 Å². The number of hydrogen-bond acceptors (Lipinski definition) is 3. The third kappa shape index (κ3) is 4.41. The second-order valence-corrected chi connectivity index (χ2v) is 20.4. The summed E-state index contributed by atoms with van der Waals surface area (Å²) in [5, 5.41) is 6.35. The highest BCUT2D eigenvalue weighted by atomic mass is 32.1. The maximum absolute atomic E-state index is 6.59. The van der Waals surface area contributed by atoms with Gasteiger partial charge in [0.25, 0.3) is 0 Å². The highest BCUT2D eigenvalue weighted by molar-refractivity contribution is 7.25. The number of aromatic nitrogens is 1. The molecule has 62 heavy (non-hydrogen) atoms. The van der Waals surface area contributed by atoms with E-state index in [1.165, 1.54) is 109 Å². The molecule has 0 fully saturated rings. The van der Waals surface area contributed by atoms with Crippen LogP contribution in [0.5, 0.6) is 0 Å². The van der Waals surface area contributed by atoms with Crippen molar-refractivity contribution in [2.24, 2.45) is 0 Å². The molecule has 294 valence electrons. The Balaban J connectivity index is 1.15. The van der Waals surface area contributed by atoms with Gasteiger partial charge in [0.15, 0.2) is 0 Å². The van der Waals surface area contributed by atoms with E-state index >= 15 is 0 Å². The number of benzene rings is 8. The Bertz CT molecular complexity index is 3770. The van der Waals surface area contributed by atoms with Crippen molar-refractivity contribution in [1.82, 2.24) is 4.57 Å². The van der Waals surface area contributed by atoms with Crippen molar-refractivity contribution in [3.8, 4) is 39.1 Å². The molecular formula is C57H41BN2OS. The van der Waals surface area contributed by atoms with Crippen molar-refractivity contribution >= 4 is 93.4 Å². The summed E-state index contributed by atoms with van der Waals surface area (Å²) in [6.07, 6.45) is 1.96. The van der Waals surface area contributed by atoms with E-state index in [0.29, 0.717) is 0 Å². The van der Waals surface area contributed by atoms with Crippen LogP contribution in [-0.2, 0) is 10.8 Å². The number of anilines is 2. The quantitative estimate of drug-likeness (QED) is 0.162. The van der Waals surface area contributed by atoms with Crippen LogP contribution >= 0.6 is 11.3 Å². The number of fused-ring (bicyclic) bond motifs is 15. The molecule has 11 aromatic rings. The average Bonchev–Trinajstić information content (AvgIpc) is 4.02. The second-order valence-electron chi connectivity index (χ2n) is 19.3. The van der Waals surface area contributed by atoms with Gasteiger partial charge in [-0.25, -0.2) is 0 Å². The zero-order valence-corrected chi connectivity index (χ0v) is 36.1. The molecule has 0 amide bonds. The van der Waals surface area contributed by atoms with Crippen LogP contribution in [0.15, 0.2) is 162 Å². The Labute approximate surface area is 364 Å². The van der Waals surface area contributed by atoms with Gasteiger partial charge in [-0.3, -0.25) is 0 Å². The Hall–Kier alpha value is -6.82. The summed E-state index contributed by atoms with van der Waals surface area (Å²) in [6, 6.07) is 57.7. The van der Waals surface area contributed by atoms with Gasteiger partial charge in [-0.15, -0.1) is 11.3 Å². The van der Waals surface area contributed by atoms with Crippen LogP contribution < -0.4 is 15.7 Å². The molecule has 8 aromatic carbocycles. The van der Waals surface area contributed by atoms with Crippen molar-refractivity contribution in [2.75, 3.05) is 4.81 Å². The highest BCUT2D eigenvalue weighted by Crippen LogP contribution is 2.53. The van der Waals surface area contributed by atoms with Gasteiger partial charge in [0.05, 0.1) is 17.3 Å². The number of rotatable bonds is 2. The summed E-state index contributed by atoms with van der Waals surface area (Å²) < 4.78 is 11.8. The van der Waals surface area contributed by atoms with Crippen molar-refractivity contribution in [1.29, 1.82) is 0 Å². The van der Waals surface area contributed by atoms with Crippen molar-refractivity contribution in [2.45, 2.75) is 45.4 Å². The summed E-state index contributed by atoms with van der Waals surface area (Å²) in [4.78, 5) is 2.65. The first-order valence-corrected chi connectivity index (χ1v) is 22.7. The fourth-order valence-electron chi connectivity index (χ4n) is 11.6. The molecule has 0 bridgehead atoms. The van der Waals surface area contributed by atoms with Crippen LogP contribution in [0.3, 0.4) is 0 Å². The minimum absolute atomic E-state index is 0.0371. The summed E-state index contributed by atoms with van der Waals surface area (Å²) in [6.45, 7) is 11.6. The zero-order chi connectivity index (χ0) is 41.4. The average molecular weight is 813 g/mol. The third-order valence-corrected chi connectivity index (χ3v) is 15.7. The van der Waals surface area contributed by atoms with Crippen LogP contribution in [0.1, 0.15) is 51.3 Å². The molecule has 3 aromatic heterocycles. The van der Waals surface area contributed by atoms with E-state index in [4.69, 9.17) is 4.42 Å². The van der Waals surface area contributed by atoms with Gasteiger partial charge < -0.3 is 13.8 Å². The normalized spacial score (nSPS) is 14.6. The Morgan fingerprint density at radius 2 is 1.34 bits per heavy atom. The van der Waals surface area contributed by atoms with Crippen molar-refractivity contribution < 1.29 is 4.42 Å². The summed E-state index contributed by atoms with van der Waals surface area (Å²) in [5.74, 6) is 0. The number of hydrogen-bond donors (Lipinski definition) is 0. The zero-order valence-electron chi connectivity index (χ0n) is 35.3. The lowest BCUT2D eigenvalue weighted by Crippen LogP contribution is -2.60. The Kier molecular flexibility index (Phi) is 6.61. The predicted molar refractivity (Wildman–Crippen MR) is 264 cm³/mol. The van der Waals surface area contributed by atoms with E-state index in [1.54, 1.807) is 0 Å². The SMILES string of the molecule is CC(C)(C)c1ccc(N2B3c4cc5occ(-c6ccccc6)c5cc4-n4c5cc6c(cc5c5ccc(c3c54)-c3cc4c(cc32)sc2ccccc24)-c2ccccc2C6(C)C)cc1. The molecule has 0 atom stereocenters. The lowest BCUT2D eigenvalue weighted by Gasteiger charge is -2.42. The first-order valence-electron chi connectivity index (χ1n) is 21.9. The number of thiophene rings is 1. The van der Waals surface area contributed by atoms with Gasteiger partial charge in [-0.1, -0.05) is 132 Å². The molecule has 0 N–H and O–H groups in total. The summed E-state index contributed by atoms with van der Waals surface area (Å²) in [5.41, 5.74) is 21.2. The molecule has 1 aliphatic carbocycles. The molecule has 2 aliphatic heterocycles. The molecule has 0 saturated carbocycles. The van der Waals surface area contributed by atoms with Crippen LogP contribution in [0.4, 0.5) is 11.4 Å². The minimum atomic E-state index is -0.130. The summed E-state index contributed by atoms with van der Waals surface area (Å²) in [7, 11) is 0. The largest absolute Gasteiger partial charge is 0.464 e. The maximum atomic E-state index is 6.59. The Morgan fingerprint density at radius 3 is 2.18 bits per heavy atom. The molecule has 0 spiro atoms. The number of nitrogens with zero attached hydrogens (tertiary/aromatic N) is 2. The van der Waals surface area contributed by atoms with E-state index < -0.39 is 0 Å². The van der Waals surface area contributed by atoms with Crippen molar-refractivity contribution in [3.63, 3.8) is 0 Å². The van der Waals surface area contributed by atoms with E-state index in [1.807, 2.05) is 17.6 Å². The molecule has 14 rings (SSSR count). The van der Waals surface area contributed by atoms with E-state index in [2.05, 4.69) is 196 Å². The lowest BCUT2D eigenvalue weighted by molar-refractivity contribution is 0.590. The molecule has 3 nitrogen and oxygen atoms in total. The molecule has 5 heteroatoms. The molecule has 3 aliphatic rings. The van der Waals surface area contributed by atoms with Crippen LogP contribution in [0.2, 0.25) is 0 Å². The van der Waals surface area contributed by atoms with E-state index in [-0.39, 0.29) is 17.7 Å².